The summed E-state index contributed by atoms with van der Waals surface area (Å²) in [5.74, 6) is -0.188. The number of carbonyl (C=O) groups is 2. The molecule has 1 aliphatic heterocycles. The Kier molecular flexibility index (Phi) is 7.06. The van der Waals surface area contributed by atoms with E-state index < -0.39 is 12.1 Å². The van der Waals surface area contributed by atoms with Crippen LogP contribution in [0.15, 0.2) is 24.3 Å². The number of hydrogen-bond donors (Lipinski definition) is 3. The molecule has 1 aromatic carbocycles. The van der Waals surface area contributed by atoms with E-state index in [1.807, 2.05) is 38.1 Å². The first-order valence-electron chi connectivity index (χ1n) is 8.80. The minimum absolute atomic E-state index is 0.0880. The number of amides is 3. The van der Waals surface area contributed by atoms with Gasteiger partial charge in [-0.25, -0.2) is 4.79 Å². The van der Waals surface area contributed by atoms with Crippen molar-refractivity contribution in [2.45, 2.75) is 39.3 Å². The second kappa shape index (κ2) is 9.27. The van der Waals surface area contributed by atoms with Crippen molar-refractivity contribution in [2.75, 3.05) is 36.5 Å². The zero-order chi connectivity index (χ0) is 18.2. The standard InChI is InChI=1S/C18H28N4O3/c1-4-13(2)19-17(23)14(3)20-18(24)21-15-6-5-7-16(12-15)22-8-10-25-11-9-22/h5-7,12-14H,4,8-11H2,1-3H3,(H,19,23)(H2,20,21,24). The van der Waals surface area contributed by atoms with E-state index in [9.17, 15) is 9.59 Å². The highest BCUT2D eigenvalue weighted by molar-refractivity contribution is 5.93. The van der Waals surface area contributed by atoms with Gasteiger partial charge in [0.15, 0.2) is 0 Å². The van der Waals surface area contributed by atoms with Crippen LogP contribution in [-0.4, -0.2) is 50.3 Å². The smallest absolute Gasteiger partial charge is 0.319 e. The molecule has 3 amide bonds. The molecule has 2 unspecified atom stereocenters. The highest BCUT2D eigenvalue weighted by Gasteiger charge is 2.17. The van der Waals surface area contributed by atoms with Gasteiger partial charge in [-0.05, 0) is 38.5 Å². The summed E-state index contributed by atoms with van der Waals surface area (Å²) in [6, 6.07) is 6.76. The highest BCUT2D eigenvalue weighted by Crippen LogP contribution is 2.20. The van der Waals surface area contributed by atoms with Crippen LogP contribution in [0, 0.1) is 0 Å². The number of benzene rings is 1. The molecule has 3 N–H and O–H groups in total. The fraction of sp³-hybridized carbons (Fsp3) is 0.556. The Hall–Kier alpha value is -2.28. The van der Waals surface area contributed by atoms with Gasteiger partial charge in [0.2, 0.25) is 5.91 Å². The van der Waals surface area contributed by atoms with Crippen molar-refractivity contribution >= 4 is 23.3 Å². The summed E-state index contributed by atoms with van der Waals surface area (Å²) >= 11 is 0. The summed E-state index contributed by atoms with van der Waals surface area (Å²) in [6.07, 6.45) is 0.846. The number of rotatable bonds is 6. The zero-order valence-electron chi connectivity index (χ0n) is 15.2. The minimum Gasteiger partial charge on any atom is -0.378 e. The maximum Gasteiger partial charge on any atom is 0.319 e. The molecule has 0 saturated carbocycles. The molecule has 0 aliphatic carbocycles. The Bertz CT molecular complexity index is 587. The number of nitrogens with one attached hydrogen (secondary N) is 3. The summed E-state index contributed by atoms with van der Waals surface area (Å²) in [6.45, 7) is 8.69. The average Bonchev–Trinajstić information content (AvgIpc) is 2.62. The first kappa shape index (κ1) is 19.1. The third kappa shape index (κ3) is 5.94. The molecule has 0 radical (unpaired) electrons. The van der Waals surface area contributed by atoms with Gasteiger partial charge in [-0.3, -0.25) is 4.79 Å². The molecular weight excluding hydrogens is 320 g/mol. The van der Waals surface area contributed by atoms with E-state index in [0.29, 0.717) is 18.9 Å². The van der Waals surface area contributed by atoms with E-state index in [0.717, 1.165) is 25.2 Å². The van der Waals surface area contributed by atoms with Crippen LogP contribution < -0.4 is 20.9 Å². The molecular formula is C18H28N4O3. The second-order valence-corrected chi connectivity index (χ2v) is 6.29. The number of urea groups is 1. The second-order valence-electron chi connectivity index (χ2n) is 6.29. The van der Waals surface area contributed by atoms with Crippen LogP contribution in [-0.2, 0) is 9.53 Å². The Morgan fingerprint density at radius 2 is 1.92 bits per heavy atom. The van der Waals surface area contributed by atoms with Gasteiger partial charge < -0.3 is 25.6 Å². The number of carbonyl (C=O) groups excluding carboxylic acids is 2. The normalized spacial score (nSPS) is 16.7. The van der Waals surface area contributed by atoms with Crippen LogP contribution in [0.25, 0.3) is 0 Å². The lowest BCUT2D eigenvalue weighted by molar-refractivity contribution is -0.123. The number of nitrogens with zero attached hydrogens (tertiary/aromatic N) is 1. The Morgan fingerprint density at radius 1 is 1.20 bits per heavy atom. The SMILES string of the molecule is CCC(C)NC(=O)C(C)NC(=O)Nc1cccc(N2CCOCC2)c1. The van der Waals surface area contributed by atoms with Gasteiger partial charge >= 0.3 is 6.03 Å². The number of ether oxygens (including phenoxy) is 1. The minimum atomic E-state index is -0.601. The largest absolute Gasteiger partial charge is 0.378 e. The van der Waals surface area contributed by atoms with Crippen molar-refractivity contribution in [3.8, 4) is 0 Å². The molecule has 1 fully saturated rings. The summed E-state index contributed by atoms with van der Waals surface area (Å²) in [5, 5.41) is 8.30. The van der Waals surface area contributed by atoms with E-state index in [1.165, 1.54) is 0 Å². The molecule has 2 atom stereocenters. The molecule has 25 heavy (non-hydrogen) atoms. The van der Waals surface area contributed by atoms with Gasteiger partial charge in [-0.2, -0.15) is 0 Å². The first-order valence-corrected chi connectivity index (χ1v) is 8.80. The summed E-state index contributed by atoms with van der Waals surface area (Å²) in [7, 11) is 0. The van der Waals surface area contributed by atoms with Gasteiger partial charge in [0.05, 0.1) is 13.2 Å². The summed E-state index contributed by atoms with van der Waals surface area (Å²) < 4.78 is 5.36. The molecule has 138 valence electrons. The maximum atomic E-state index is 12.1. The number of hydrogen-bond acceptors (Lipinski definition) is 4. The van der Waals surface area contributed by atoms with E-state index in [2.05, 4.69) is 20.9 Å². The molecule has 1 saturated heterocycles. The summed E-state index contributed by atoms with van der Waals surface area (Å²) in [5.41, 5.74) is 1.74. The Labute approximate surface area is 149 Å². The molecule has 1 aromatic rings. The highest BCUT2D eigenvalue weighted by atomic mass is 16.5. The predicted octanol–water partition coefficient (Wildman–Crippen LogP) is 1.95. The zero-order valence-corrected chi connectivity index (χ0v) is 15.2. The van der Waals surface area contributed by atoms with Crippen LogP contribution in [0.5, 0.6) is 0 Å². The molecule has 0 spiro atoms. The molecule has 2 rings (SSSR count). The fourth-order valence-electron chi connectivity index (χ4n) is 2.50. The molecule has 0 aromatic heterocycles. The van der Waals surface area contributed by atoms with Crippen LogP contribution >= 0.6 is 0 Å². The quantitative estimate of drug-likeness (QED) is 0.734. The van der Waals surface area contributed by atoms with Crippen LogP contribution in [0.4, 0.5) is 16.2 Å². The van der Waals surface area contributed by atoms with E-state index in [-0.39, 0.29) is 11.9 Å². The number of anilines is 2. The molecule has 7 nitrogen and oxygen atoms in total. The number of morpholine rings is 1. The first-order chi connectivity index (χ1) is 12.0. The molecule has 0 bridgehead atoms. The van der Waals surface area contributed by atoms with Crippen LogP contribution in [0.1, 0.15) is 27.2 Å². The van der Waals surface area contributed by atoms with Crippen LogP contribution in [0.3, 0.4) is 0 Å². The lowest BCUT2D eigenvalue weighted by Gasteiger charge is -2.29. The molecule has 1 heterocycles. The van der Waals surface area contributed by atoms with Gasteiger partial charge in [-0.15, -0.1) is 0 Å². The average molecular weight is 348 g/mol. The van der Waals surface area contributed by atoms with E-state index in [4.69, 9.17) is 4.74 Å². The third-order valence-electron chi connectivity index (χ3n) is 4.22. The lowest BCUT2D eigenvalue weighted by atomic mass is 10.2. The van der Waals surface area contributed by atoms with E-state index >= 15 is 0 Å². The maximum absolute atomic E-state index is 12.1. The molecule has 1 aliphatic rings. The van der Waals surface area contributed by atoms with Crippen molar-refractivity contribution in [2.24, 2.45) is 0 Å². The van der Waals surface area contributed by atoms with Gasteiger partial charge in [0, 0.05) is 30.5 Å². The van der Waals surface area contributed by atoms with Crippen molar-refractivity contribution in [1.29, 1.82) is 0 Å². The van der Waals surface area contributed by atoms with Gasteiger partial charge in [0.25, 0.3) is 0 Å². The summed E-state index contributed by atoms with van der Waals surface area (Å²) in [4.78, 5) is 26.3. The molecule has 7 heteroatoms. The van der Waals surface area contributed by atoms with Crippen molar-refractivity contribution in [3.63, 3.8) is 0 Å². The monoisotopic (exact) mass is 348 g/mol. The van der Waals surface area contributed by atoms with Crippen molar-refractivity contribution in [1.82, 2.24) is 10.6 Å². The fourth-order valence-corrected chi connectivity index (χ4v) is 2.50. The van der Waals surface area contributed by atoms with Gasteiger partial charge in [0.1, 0.15) is 6.04 Å². The predicted molar refractivity (Wildman–Crippen MR) is 99.0 cm³/mol. The van der Waals surface area contributed by atoms with Crippen molar-refractivity contribution < 1.29 is 14.3 Å². The van der Waals surface area contributed by atoms with E-state index in [1.54, 1.807) is 6.92 Å². The Balaban J connectivity index is 1.88. The van der Waals surface area contributed by atoms with Crippen LogP contribution in [0.2, 0.25) is 0 Å². The topological polar surface area (TPSA) is 82.7 Å². The Morgan fingerprint density at radius 3 is 2.60 bits per heavy atom. The third-order valence-corrected chi connectivity index (χ3v) is 4.22. The lowest BCUT2D eigenvalue weighted by Crippen LogP contribution is -2.48. The van der Waals surface area contributed by atoms with Crippen molar-refractivity contribution in [3.05, 3.63) is 24.3 Å². The van der Waals surface area contributed by atoms with Gasteiger partial charge in [-0.1, -0.05) is 13.0 Å².